The maximum atomic E-state index is 13.3. The molecule has 1 aromatic heterocycles. The van der Waals surface area contributed by atoms with Gasteiger partial charge < -0.3 is 0 Å². The average Bonchev–Trinajstić information content (AvgIpc) is 2.69. The molecular formula is C22H14F2N2O. The van der Waals surface area contributed by atoms with Crippen molar-refractivity contribution in [3.8, 4) is 5.69 Å². The van der Waals surface area contributed by atoms with Gasteiger partial charge in [-0.05, 0) is 60.2 Å². The van der Waals surface area contributed by atoms with Crippen LogP contribution in [0, 0.1) is 11.6 Å². The van der Waals surface area contributed by atoms with E-state index in [1.807, 2.05) is 6.07 Å². The Morgan fingerprint density at radius 3 is 2.11 bits per heavy atom. The minimum atomic E-state index is -0.385. The van der Waals surface area contributed by atoms with Crippen LogP contribution in [0.5, 0.6) is 0 Å². The maximum absolute atomic E-state index is 13.3. The van der Waals surface area contributed by atoms with E-state index in [9.17, 15) is 13.6 Å². The van der Waals surface area contributed by atoms with Crippen LogP contribution in [0.15, 0.2) is 77.6 Å². The molecule has 0 fully saturated rings. The highest BCUT2D eigenvalue weighted by atomic mass is 19.1. The minimum absolute atomic E-state index is 0.244. The molecule has 0 saturated carbocycles. The number of halogens is 2. The SMILES string of the molecule is O=c1c2ccccc2nc(/C=C\c2ccc(F)cc2)n1-c1ccc(F)cc1. The normalized spacial score (nSPS) is 11.3. The topological polar surface area (TPSA) is 34.9 Å². The summed E-state index contributed by atoms with van der Waals surface area (Å²) in [7, 11) is 0. The lowest BCUT2D eigenvalue weighted by Crippen LogP contribution is -2.22. The Kier molecular flexibility index (Phi) is 4.34. The van der Waals surface area contributed by atoms with Crippen LogP contribution in [0.4, 0.5) is 8.78 Å². The van der Waals surface area contributed by atoms with Gasteiger partial charge >= 0.3 is 0 Å². The molecule has 0 aliphatic carbocycles. The van der Waals surface area contributed by atoms with Crippen molar-refractivity contribution in [1.29, 1.82) is 0 Å². The van der Waals surface area contributed by atoms with Crippen LogP contribution in [-0.2, 0) is 0 Å². The molecule has 4 rings (SSSR count). The van der Waals surface area contributed by atoms with Crippen molar-refractivity contribution in [2.24, 2.45) is 0 Å². The molecule has 0 aliphatic heterocycles. The van der Waals surface area contributed by atoms with Gasteiger partial charge in [0.1, 0.15) is 17.5 Å². The van der Waals surface area contributed by atoms with Crippen molar-refractivity contribution in [1.82, 2.24) is 9.55 Å². The summed E-state index contributed by atoms with van der Waals surface area (Å²) in [6.07, 6.45) is 3.43. The van der Waals surface area contributed by atoms with Crippen molar-refractivity contribution in [3.05, 3.63) is 106 Å². The van der Waals surface area contributed by atoms with Crippen LogP contribution in [0.25, 0.3) is 28.7 Å². The number of benzene rings is 3. The molecule has 0 amide bonds. The Morgan fingerprint density at radius 2 is 1.41 bits per heavy atom. The number of fused-ring (bicyclic) bond motifs is 1. The zero-order chi connectivity index (χ0) is 18.8. The number of para-hydroxylation sites is 1. The fraction of sp³-hybridized carbons (Fsp3) is 0. The first-order chi connectivity index (χ1) is 13.1. The van der Waals surface area contributed by atoms with E-state index in [4.69, 9.17) is 0 Å². The molecule has 3 aromatic carbocycles. The molecule has 0 spiro atoms. The highest BCUT2D eigenvalue weighted by molar-refractivity contribution is 5.80. The van der Waals surface area contributed by atoms with Crippen molar-refractivity contribution < 1.29 is 8.78 Å². The molecule has 0 N–H and O–H groups in total. The van der Waals surface area contributed by atoms with Gasteiger partial charge in [0.2, 0.25) is 0 Å². The molecular weight excluding hydrogens is 346 g/mol. The van der Waals surface area contributed by atoms with Crippen molar-refractivity contribution in [2.45, 2.75) is 0 Å². The largest absolute Gasteiger partial charge is 0.268 e. The maximum Gasteiger partial charge on any atom is 0.266 e. The van der Waals surface area contributed by atoms with Crippen LogP contribution >= 0.6 is 0 Å². The van der Waals surface area contributed by atoms with E-state index in [-0.39, 0.29) is 17.2 Å². The summed E-state index contributed by atoms with van der Waals surface area (Å²) in [5.41, 5.74) is 1.61. The fourth-order valence-corrected chi connectivity index (χ4v) is 2.85. The molecule has 0 saturated heterocycles. The highest BCUT2D eigenvalue weighted by Crippen LogP contribution is 2.16. The van der Waals surface area contributed by atoms with Gasteiger partial charge in [0.05, 0.1) is 16.6 Å². The molecule has 1 heterocycles. The zero-order valence-corrected chi connectivity index (χ0v) is 14.1. The standard InChI is InChI=1S/C22H14F2N2O/c23-16-8-5-15(6-9-16)7-14-21-25-20-4-2-1-3-19(20)22(27)26(21)18-12-10-17(24)11-13-18/h1-14H/b14-7-. The molecule has 5 heteroatoms. The number of aromatic nitrogens is 2. The molecule has 0 aliphatic rings. The third-order valence-electron chi connectivity index (χ3n) is 4.18. The first-order valence-corrected chi connectivity index (χ1v) is 8.33. The van der Waals surface area contributed by atoms with Crippen LogP contribution < -0.4 is 5.56 Å². The molecule has 27 heavy (non-hydrogen) atoms. The van der Waals surface area contributed by atoms with E-state index in [0.29, 0.717) is 22.4 Å². The van der Waals surface area contributed by atoms with Crippen molar-refractivity contribution in [3.63, 3.8) is 0 Å². The third-order valence-corrected chi connectivity index (χ3v) is 4.18. The second kappa shape index (κ2) is 6.96. The lowest BCUT2D eigenvalue weighted by Gasteiger charge is -2.11. The Balaban J connectivity index is 1.92. The summed E-state index contributed by atoms with van der Waals surface area (Å²) < 4.78 is 27.8. The van der Waals surface area contributed by atoms with E-state index >= 15 is 0 Å². The average molecular weight is 360 g/mol. The van der Waals surface area contributed by atoms with Crippen LogP contribution in [0.1, 0.15) is 11.4 Å². The van der Waals surface area contributed by atoms with Crippen LogP contribution in [0.3, 0.4) is 0 Å². The molecule has 4 aromatic rings. The molecule has 0 radical (unpaired) electrons. The molecule has 0 atom stereocenters. The Labute approximate surface area is 153 Å². The van der Waals surface area contributed by atoms with Crippen molar-refractivity contribution in [2.75, 3.05) is 0 Å². The highest BCUT2D eigenvalue weighted by Gasteiger charge is 2.11. The summed E-state index contributed by atoms with van der Waals surface area (Å²) in [4.78, 5) is 17.6. The Morgan fingerprint density at radius 1 is 0.778 bits per heavy atom. The van der Waals surface area contributed by atoms with Gasteiger partial charge in [0.25, 0.3) is 5.56 Å². The van der Waals surface area contributed by atoms with E-state index in [1.165, 1.54) is 41.0 Å². The minimum Gasteiger partial charge on any atom is -0.268 e. The molecule has 3 nitrogen and oxygen atoms in total. The summed E-state index contributed by atoms with van der Waals surface area (Å²) in [6, 6.07) is 18.7. The lowest BCUT2D eigenvalue weighted by atomic mass is 10.2. The zero-order valence-electron chi connectivity index (χ0n) is 14.1. The summed E-state index contributed by atoms with van der Waals surface area (Å²) in [5.74, 6) is -0.308. The van der Waals surface area contributed by atoms with Gasteiger partial charge in [0, 0.05) is 0 Å². The first-order valence-electron chi connectivity index (χ1n) is 8.33. The third kappa shape index (κ3) is 3.40. The smallest absolute Gasteiger partial charge is 0.266 e. The quantitative estimate of drug-likeness (QED) is 0.524. The van der Waals surface area contributed by atoms with Gasteiger partial charge in [-0.25, -0.2) is 13.8 Å². The van der Waals surface area contributed by atoms with E-state index in [2.05, 4.69) is 4.98 Å². The van der Waals surface area contributed by atoms with Crippen LogP contribution in [-0.4, -0.2) is 9.55 Å². The summed E-state index contributed by atoms with van der Waals surface area (Å²) in [6.45, 7) is 0. The molecule has 132 valence electrons. The first kappa shape index (κ1) is 16.8. The Bertz CT molecular complexity index is 1190. The second-order valence-corrected chi connectivity index (χ2v) is 5.99. The van der Waals surface area contributed by atoms with Gasteiger partial charge in [-0.2, -0.15) is 0 Å². The predicted molar refractivity (Wildman–Crippen MR) is 103 cm³/mol. The fourth-order valence-electron chi connectivity index (χ4n) is 2.85. The van der Waals surface area contributed by atoms with Crippen LogP contribution in [0.2, 0.25) is 0 Å². The van der Waals surface area contributed by atoms with Gasteiger partial charge in [-0.1, -0.05) is 30.3 Å². The molecule has 0 unspecified atom stereocenters. The number of hydrogen-bond acceptors (Lipinski definition) is 2. The predicted octanol–water partition coefficient (Wildman–Crippen LogP) is 4.83. The van der Waals surface area contributed by atoms with E-state index in [1.54, 1.807) is 42.5 Å². The van der Waals surface area contributed by atoms with E-state index in [0.717, 1.165) is 5.56 Å². The van der Waals surface area contributed by atoms with Gasteiger partial charge in [-0.15, -0.1) is 0 Å². The van der Waals surface area contributed by atoms with Crippen molar-refractivity contribution >= 4 is 23.1 Å². The van der Waals surface area contributed by atoms with E-state index < -0.39 is 0 Å². The second-order valence-electron chi connectivity index (χ2n) is 5.99. The summed E-state index contributed by atoms with van der Waals surface area (Å²) in [5, 5.41) is 0.473. The monoisotopic (exact) mass is 360 g/mol. The number of nitrogens with zero attached hydrogens (tertiary/aromatic N) is 2. The number of hydrogen-bond donors (Lipinski definition) is 0. The number of rotatable bonds is 3. The Hall–Kier alpha value is -3.60. The molecule has 0 bridgehead atoms. The van der Waals surface area contributed by atoms with Gasteiger partial charge in [0.15, 0.2) is 0 Å². The summed E-state index contributed by atoms with van der Waals surface area (Å²) >= 11 is 0. The lowest BCUT2D eigenvalue weighted by molar-refractivity contribution is 0.627. The van der Waals surface area contributed by atoms with Gasteiger partial charge in [-0.3, -0.25) is 9.36 Å².